The summed E-state index contributed by atoms with van der Waals surface area (Å²) >= 11 is 1.34. The average Bonchev–Trinajstić information content (AvgIpc) is 2.14. The summed E-state index contributed by atoms with van der Waals surface area (Å²) in [5, 5.41) is 0.165. The molecule has 0 aliphatic rings. The van der Waals surface area contributed by atoms with Crippen molar-refractivity contribution in [2.24, 2.45) is 0 Å². The molecule has 0 aromatic carbocycles. The Morgan fingerprint density at radius 3 is 2.47 bits per heavy atom. The molecule has 0 unspecified atom stereocenters. The van der Waals surface area contributed by atoms with E-state index in [1.165, 1.54) is 18.7 Å². The predicted molar refractivity (Wildman–Crippen MR) is 62.8 cm³/mol. The maximum Gasteiger partial charge on any atom is 0.302 e. The van der Waals surface area contributed by atoms with Crippen LogP contribution in [-0.2, 0) is 14.3 Å². The number of rotatable bonds is 7. The molecule has 0 rings (SSSR count). The number of unbranched alkanes of at least 4 members (excludes halogenated alkanes) is 1. The molecule has 0 saturated carbocycles. The Morgan fingerprint density at radius 2 is 1.87 bits per heavy atom. The molecule has 0 aromatic heterocycles. The van der Waals surface area contributed by atoms with Gasteiger partial charge in [-0.05, 0) is 19.3 Å². The molecule has 0 N–H and O–H groups in total. The summed E-state index contributed by atoms with van der Waals surface area (Å²) in [7, 11) is 0. The van der Waals surface area contributed by atoms with E-state index in [2.05, 4.69) is 12.2 Å². The molecule has 0 aliphatic heterocycles. The second kappa shape index (κ2) is 9.77. The lowest BCUT2D eigenvalue weighted by Crippen LogP contribution is -1.99. The lowest BCUT2D eigenvalue weighted by molar-refractivity contribution is -0.141. The Labute approximate surface area is 95.3 Å². The van der Waals surface area contributed by atoms with E-state index in [1.807, 2.05) is 0 Å². The molecule has 0 fully saturated rings. The van der Waals surface area contributed by atoms with E-state index in [4.69, 9.17) is 4.74 Å². The summed E-state index contributed by atoms with van der Waals surface area (Å²) in [6.07, 6.45) is 6.81. The summed E-state index contributed by atoms with van der Waals surface area (Å²) < 4.78 is 4.78. The van der Waals surface area contributed by atoms with Crippen LogP contribution < -0.4 is 0 Å². The Hall–Kier alpha value is -0.770. The van der Waals surface area contributed by atoms with Gasteiger partial charge in [0.15, 0.2) is 5.12 Å². The molecule has 0 saturated heterocycles. The van der Waals surface area contributed by atoms with Gasteiger partial charge >= 0.3 is 5.97 Å². The van der Waals surface area contributed by atoms with Crippen molar-refractivity contribution in [2.75, 3.05) is 12.4 Å². The molecule has 0 atom stereocenters. The van der Waals surface area contributed by atoms with Gasteiger partial charge in [-0.15, -0.1) is 0 Å². The van der Waals surface area contributed by atoms with Crippen LogP contribution in [0.15, 0.2) is 12.2 Å². The van der Waals surface area contributed by atoms with Crippen LogP contribution in [0.3, 0.4) is 0 Å². The van der Waals surface area contributed by atoms with Gasteiger partial charge in [-0.25, -0.2) is 0 Å². The summed E-state index contributed by atoms with van der Waals surface area (Å²) in [5.74, 6) is 0.618. The van der Waals surface area contributed by atoms with Gasteiger partial charge in [0, 0.05) is 19.6 Å². The first-order valence-corrected chi connectivity index (χ1v) is 6.03. The second-order valence-corrected chi connectivity index (χ2v) is 4.35. The highest BCUT2D eigenvalue weighted by Gasteiger charge is 1.92. The molecule has 3 nitrogen and oxygen atoms in total. The largest absolute Gasteiger partial charge is 0.466 e. The minimum Gasteiger partial charge on any atom is -0.466 e. The highest BCUT2D eigenvalue weighted by molar-refractivity contribution is 8.13. The molecule has 4 heteroatoms. The lowest BCUT2D eigenvalue weighted by Gasteiger charge is -1.98. The molecule has 0 spiro atoms. The van der Waals surface area contributed by atoms with Crippen molar-refractivity contribution in [2.45, 2.75) is 33.1 Å². The minimum absolute atomic E-state index is 0.165. The molecule has 0 heterocycles. The van der Waals surface area contributed by atoms with Crippen LogP contribution >= 0.6 is 11.8 Å². The Morgan fingerprint density at radius 1 is 1.20 bits per heavy atom. The zero-order chi connectivity index (χ0) is 11.5. The standard InChI is InChI=1S/C11H18O3S/c1-10(12)14-8-6-4-3-5-7-9-15-11(2)13/h3,5H,4,6-9H2,1-2H3/b5-3+. The summed E-state index contributed by atoms with van der Waals surface area (Å²) in [5.41, 5.74) is 0. The third kappa shape index (κ3) is 13.2. The number of carbonyl (C=O) groups excluding carboxylic acids is 2. The SMILES string of the molecule is CC(=O)OCCC/C=C/CCSC(C)=O. The van der Waals surface area contributed by atoms with Gasteiger partial charge in [-0.1, -0.05) is 23.9 Å². The first-order valence-electron chi connectivity index (χ1n) is 5.04. The fraction of sp³-hybridized carbons (Fsp3) is 0.636. The fourth-order valence-electron chi connectivity index (χ4n) is 0.923. The molecule has 0 amide bonds. The van der Waals surface area contributed by atoms with Crippen molar-refractivity contribution >= 4 is 22.8 Å². The van der Waals surface area contributed by atoms with Crippen LogP contribution in [-0.4, -0.2) is 23.4 Å². The Balaban J connectivity index is 3.17. The van der Waals surface area contributed by atoms with Crippen molar-refractivity contribution < 1.29 is 14.3 Å². The van der Waals surface area contributed by atoms with E-state index < -0.39 is 0 Å². The van der Waals surface area contributed by atoms with Gasteiger partial charge in [-0.2, -0.15) is 0 Å². The highest BCUT2D eigenvalue weighted by Crippen LogP contribution is 2.04. The third-order valence-corrected chi connectivity index (χ3v) is 2.42. The molecule has 0 aromatic rings. The molecule has 86 valence electrons. The number of ether oxygens (including phenoxy) is 1. The van der Waals surface area contributed by atoms with Crippen LogP contribution in [0, 0.1) is 0 Å². The number of esters is 1. The number of carbonyl (C=O) groups is 2. The first kappa shape index (κ1) is 14.2. The number of thioether (sulfide) groups is 1. The van der Waals surface area contributed by atoms with E-state index in [1.54, 1.807) is 6.92 Å². The first-order chi connectivity index (χ1) is 7.13. The van der Waals surface area contributed by atoms with E-state index in [0.717, 1.165) is 25.0 Å². The van der Waals surface area contributed by atoms with Crippen molar-refractivity contribution in [3.63, 3.8) is 0 Å². The summed E-state index contributed by atoms with van der Waals surface area (Å²) in [4.78, 5) is 21.0. The van der Waals surface area contributed by atoms with Crippen LogP contribution in [0.4, 0.5) is 0 Å². The third-order valence-electron chi connectivity index (χ3n) is 1.58. The van der Waals surface area contributed by atoms with Gasteiger partial charge in [-0.3, -0.25) is 9.59 Å². The minimum atomic E-state index is -0.225. The Kier molecular flexibility index (Phi) is 9.27. The fourth-order valence-corrected chi connectivity index (χ4v) is 1.46. The topological polar surface area (TPSA) is 43.4 Å². The molecule has 0 aliphatic carbocycles. The van der Waals surface area contributed by atoms with Crippen LogP contribution in [0.25, 0.3) is 0 Å². The van der Waals surface area contributed by atoms with Crippen molar-refractivity contribution in [1.29, 1.82) is 0 Å². The monoisotopic (exact) mass is 230 g/mol. The van der Waals surface area contributed by atoms with Gasteiger partial charge < -0.3 is 4.74 Å². The summed E-state index contributed by atoms with van der Waals surface area (Å²) in [6, 6.07) is 0. The van der Waals surface area contributed by atoms with E-state index in [-0.39, 0.29) is 11.1 Å². The van der Waals surface area contributed by atoms with Crippen LogP contribution in [0.5, 0.6) is 0 Å². The lowest BCUT2D eigenvalue weighted by atomic mass is 10.3. The van der Waals surface area contributed by atoms with Crippen LogP contribution in [0.2, 0.25) is 0 Å². The van der Waals surface area contributed by atoms with Gasteiger partial charge in [0.05, 0.1) is 6.61 Å². The predicted octanol–water partition coefficient (Wildman–Crippen LogP) is 2.56. The zero-order valence-electron chi connectivity index (χ0n) is 9.32. The van der Waals surface area contributed by atoms with Gasteiger partial charge in [0.25, 0.3) is 0 Å². The normalized spacial score (nSPS) is 10.5. The number of allylic oxidation sites excluding steroid dienone is 2. The zero-order valence-corrected chi connectivity index (χ0v) is 10.1. The quantitative estimate of drug-likeness (QED) is 0.383. The number of hydrogen-bond donors (Lipinski definition) is 0. The van der Waals surface area contributed by atoms with Gasteiger partial charge in [0.1, 0.15) is 0 Å². The van der Waals surface area contributed by atoms with E-state index in [9.17, 15) is 9.59 Å². The molecular weight excluding hydrogens is 212 g/mol. The molecule has 0 bridgehead atoms. The van der Waals surface area contributed by atoms with E-state index in [0.29, 0.717) is 6.61 Å². The Bertz CT molecular complexity index is 224. The molecule has 15 heavy (non-hydrogen) atoms. The van der Waals surface area contributed by atoms with Crippen molar-refractivity contribution in [3.8, 4) is 0 Å². The van der Waals surface area contributed by atoms with Crippen LogP contribution in [0.1, 0.15) is 33.1 Å². The molecular formula is C11H18O3S. The molecule has 0 radical (unpaired) electrons. The van der Waals surface area contributed by atoms with Crippen molar-refractivity contribution in [1.82, 2.24) is 0 Å². The van der Waals surface area contributed by atoms with Crippen molar-refractivity contribution in [3.05, 3.63) is 12.2 Å². The smallest absolute Gasteiger partial charge is 0.302 e. The van der Waals surface area contributed by atoms with E-state index >= 15 is 0 Å². The summed E-state index contributed by atoms with van der Waals surface area (Å²) in [6.45, 7) is 3.48. The second-order valence-electron chi connectivity index (χ2n) is 3.08. The average molecular weight is 230 g/mol. The number of hydrogen-bond acceptors (Lipinski definition) is 4. The maximum absolute atomic E-state index is 10.6. The highest BCUT2D eigenvalue weighted by atomic mass is 32.2. The maximum atomic E-state index is 10.6. The van der Waals surface area contributed by atoms with Gasteiger partial charge in [0.2, 0.25) is 0 Å².